The van der Waals surface area contributed by atoms with Crippen molar-refractivity contribution in [1.82, 2.24) is 0 Å². The Labute approximate surface area is 345 Å². The first-order chi connectivity index (χ1) is 27.0. The van der Waals surface area contributed by atoms with Crippen molar-refractivity contribution in [3.8, 4) is 0 Å². The number of carboxylic acids is 4. The third-order valence-corrected chi connectivity index (χ3v) is 10.9. The molecule has 2 aromatic rings. The molecule has 2 rings (SSSR count). The fourth-order valence-electron chi connectivity index (χ4n) is 7.62. The normalized spacial score (nSPS) is 11.4. The molecule has 8 nitrogen and oxygen atoms in total. The van der Waals surface area contributed by atoms with Crippen molar-refractivity contribution in [3.05, 3.63) is 68.8 Å². The van der Waals surface area contributed by atoms with E-state index in [-0.39, 0.29) is 22.3 Å². The van der Waals surface area contributed by atoms with E-state index in [2.05, 4.69) is 48.5 Å². The molecular weight excluding hydrogens is 717 g/mol. The Morgan fingerprint density at radius 2 is 0.825 bits per heavy atom. The minimum atomic E-state index is -1.16. The monoisotopic (exact) mass is 795 g/mol. The third kappa shape index (κ3) is 21.1. The van der Waals surface area contributed by atoms with Crippen LogP contribution < -0.4 is 0 Å². The highest BCUT2D eigenvalue weighted by molar-refractivity contribution is 6.03. The van der Waals surface area contributed by atoms with Gasteiger partial charge in [-0.15, -0.1) is 0 Å². The molecule has 0 spiro atoms. The van der Waals surface area contributed by atoms with Crippen LogP contribution in [0.3, 0.4) is 0 Å². The van der Waals surface area contributed by atoms with E-state index in [1.165, 1.54) is 76.3 Å². The number of rotatable bonds is 29. The van der Waals surface area contributed by atoms with Gasteiger partial charge in [-0.2, -0.15) is 0 Å². The molecule has 0 fully saturated rings. The summed E-state index contributed by atoms with van der Waals surface area (Å²) < 4.78 is 0. The molecule has 4 N–H and O–H groups in total. The van der Waals surface area contributed by atoms with Crippen LogP contribution in [0.15, 0.2) is 24.3 Å². The summed E-state index contributed by atoms with van der Waals surface area (Å²) in [5, 5.41) is 38.3. The van der Waals surface area contributed by atoms with Gasteiger partial charge in [0.2, 0.25) is 0 Å². The van der Waals surface area contributed by atoms with Crippen molar-refractivity contribution in [2.24, 2.45) is 11.3 Å². The van der Waals surface area contributed by atoms with Gasteiger partial charge in [-0.1, -0.05) is 157 Å². The van der Waals surface area contributed by atoms with Crippen LogP contribution in [0.4, 0.5) is 0 Å². The Balaban J connectivity index is 0.000000570. The van der Waals surface area contributed by atoms with Gasteiger partial charge in [0, 0.05) is 0 Å². The second-order valence-electron chi connectivity index (χ2n) is 17.6. The number of hydrogen-bond acceptors (Lipinski definition) is 4. The van der Waals surface area contributed by atoms with Crippen LogP contribution in [-0.4, -0.2) is 44.3 Å². The summed E-state index contributed by atoms with van der Waals surface area (Å²) in [4.78, 5) is 46.9. The number of carboxylic acid groups (broad SMARTS) is 4. The van der Waals surface area contributed by atoms with Crippen LogP contribution in [0.5, 0.6) is 0 Å². The molecule has 0 saturated heterocycles. The van der Waals surface area contributed by atoms with E-state index in [1.807, 2.05) is 12.1 Å². The minimum absolute atomic E-state index is 0.000684. The maximum Gasteiger partial charge on any atom is 0.336 e. The maximum atomic E-state index is 11.9. The van der Waals surface area contributed by atoms with E-state index in [9.17, 15) is 39.6 Å². The first kappa shape index (κ1) is 51.3. The first-order valence-corrected chi connectivity index (χ1v) is 22.3. The van der Waals surface area contributed by atoms with E-state index in [0.29, 0.717) is 24.2 Å². The highest BCUT2D eigenvalue weighted by atomic mass is 16.4. The fourth-order valence-corrected chi connectivity index (χ4v) is 7.62. The number of aryl methyl sites for hydroxylation is 2. The summed E-state index contributed by atoms with van der Waals surface area (Å²) in [5.41, 5.74) is 3.68. The van der Waals surface area contributed by atoms with Gasteiger partial charge in [-0.25, -0.2) is 19.2 Å². The van der Waals surface area contributed by atoms with E-state index < -0.39 is 23.9 Å². The van der Waals surface area contributed by atoms with Crippen molar-refractivity contribution in [2.45, 2.75) is 203 Å². The van der Waals surface area contributed by atoms with Gasteiger partial charge in [-0.3, -0.25) is 0 Å². The van der Waals surface area contributed by atoms with Crippen LogP contribution >= 0.6 is 0 Å². The number of hydrogen-bond donors (Lipinski definition) is 4. The number of aromatic carboxylic acids is 4. The molecule has 0 bridgehead atoms. The number of benzene rings is 2. The smallest absolute Gasteiger partial charge is 0.336 e. The van der Waals surface area contributed by atoms with Crippen molar-refractivity contribution in [2.75, 3.05) is 0 Å². The third-order valence-electron chi connectivity index (χ3n) is 10.9. The summed E-state index contributed by atoms with van der Waals surface area (Å²) in [7, 11) is 0. The molecule has 57 heavy (non-hydrogen) atoms. The Kier molecular flexibility index (Phi) is 25.8. The second-order valence-corrected chi connectivity index (χ2v) is 17.6. The maximum absolute atomic E-state index is 11.9. The van der Waals surface area contributed by atoms with Crippen LogP contribution in [0, 0.1) is 11.3 Å². The largest absolute Gasteiger partial charge is 0.478 e. The average Bonchev–Trinajstić information content (AvgIpc) is 3.13. The molecule has 0 heterocycles. The highest BCUT2D eigenvalue weighted by Crippen LogP contribution is 2.28. The zero-order chi connectivity index (χ0) is 42.8. The zero-order valence-electron chi connectivity index (χ0n) is 36.8. The van der Waals surface area contributed by atoms with Crippen molar-refractivity contribution in [1.29, 1.82) is 0 Å². The lowest BCUT2D eigenvalue weighted by atomic mass is 9.88. The SMILES string of the molecule is CCCCCCCc1ccc(C(=O)O)c(C(=O)O)c1CCCCCCC(C)(C)C.CCCCCCCc1ccc(C(=O)O)c(C(=O)O)c1CCCCCCC(C)C. The predicted octanol–water partition coefficient (Wildman–Crippen LogP) is 13.9. The molecule has 0 atom stereocenters. The molecule has 0 unspecified atom stereocenters. The van der Waals surface area contributed by atoms with Crippen LogP contribution in [0.1, 0.15) is 241 Å². The van der Waals surface area contributed by atoms with Gasteiger partial charge in [0.25, 0.3) is 0 Å². The Morgan fingerprint density at radius 1 is 0.474 bits per heavy atom. The van der Waals surface area contributed by atoms with E-state index in [0.717, 1.165) is 99.3 Å². The summed E-state index contributed by atoms with van der Waals surface area (Å²) in [6, 6.07) is 6.62. The molecule has 0 aliphatic rings. The summed E-state index contributed by atoms with van der Waals surface area (Å²) in [5.74, 6) is -3.86. The Hall–Kier alpha value is -3.68. The second kappa shape index (κ2) is 28.7. The fraction of sp³-hybridized carbons (Fsp3) is 0.673. The van der Waals surface area contributed by atoms with Gasteiger partial charge >= 0.3 is 23.9 Å². The lowest BCUT2D eigenvalue weighted by Gasteiger charge is -2.18. The molecule has 0 radical (unpaired) electrons. The molecule has 322 valence electrons. The molecule has 0 aliphatic carbocycles. The topological polar surface area (TPSA) is 149 Å². The van der Waals surface area contributed by atoms with Crippen LogP contribution in [-0.2, 0) is 25.7 Å². The van der Waals surface area contributed by atoms with Crippen molar-refractivity contribution in [3.63, 3.8) is 0 Å². The van der Waals surface area contributed by atoms with Crippen LogP contribution in [0.25, 0.3) is 0 Å². The first-order valence-electron chi connectivity index (χ1n) is 22.3. The average molecular weight is 795 g/mol. The zero-order valence-corrected chi connectivity index (χ0v) is 36.8. The molecule has 0 aromatic heterocycles. The lowest BCUT2D eigenvalue weighted by molar-refractivity contribution is 0.0650. The van der Waals surface area contributed by atoms with Gasteiger partial charge in [-0.05, 0) is 104 Å². The van der Waals surface area contributed by atoms with Crippen molar-refractivity contribution >= 4 is 23.9 Å². The predicted molar refractivity (Wildman–Crippen MR) is 234 cm³/mol. The quantitative estimate of drug-likeness (QED) is 0.0595. The summed E-state index contributed by atoms with van der Waals surface area (Å²) in [6.45, 7) is 15.6. The van der Waals surface area contributed by atoms with Gasteiger partial charge < -0.3 is 20.4 Å². The summed E-state index contributed by atoms with van der Waals surface area (Å²) in [6.07, 6.45) is 25.4. The Bertz CT molecular complexity index is 1500. The molecule has 2 aromatic carbocycles. The van der Waals surface area contributed by atoms with E-state index in [4.69, 9.17) is 0 Å². The van der Waals surface area contributed by atoms with E-state index in [1.54, 1.807) is 0 Å². The lowest BCUT2D eigenvalue weighted by Crippen LogP contribution is -2.14. The standard InChI is InChI=1S/C25H40O4.C24H38O4/c1-5-6-7-8-11-14-19-16-17-21(23(26)27)22(24(28)29)20(19)15-12-9-10-13-18-25(2,3)4;1-4-5-6-7-11-14-19-16-17-21(23(25)26)22(24(27)28)20(19)15-12-9-8-10-13-18(2)3/h16-17H,5-15,18H2,1-4H3,(H,26,27)(H,28,29);16-18H,4-15H2,1-3H3,(H,25,26)(H,27,28). The number of unbranched alkanes of at least 4 members (excludes halogenated alkanes) is 14. The van der Waals surface area contributed by atoms with Gasteiger partial charge in [0.1, 0.15) is 0 Å². The molecule has 0 saturated carbocycles. The van der Waals surface area contributed by atoms with E-state index >= 15 is 0 Å². The molecular formula is C49H78O8. The van der Waals surface area contributed by atoms with Gasteiger partial charge in [0.15, 0.2) is 0 Å². The number of carbonyl (C=O) groups is 4. The molecule has 0 amide bonds. The molecule has 0 aliphatic heterocycles. The van der Waals surface area contributed by atoms with Crippen LogP contribution in [0.2, 0.25) is 0 Å². The Morgan fingerprint density at radius 3 is 1.16 bits per heavy atom. The highest BCUT2D eigenvalue weighted by Gasteiger charge is 2.24. The molecule has 8 heteroatoms. The minimum Gasteiger partial charge on any atom is -0.478 e. The van der Waals surface area contributed by atoms with Crippen molar-refractivity contribution < 1.29 is 39.6 Å². The summed E-state index contributed by atoms with van der Waals surface area (Å²) >= 11 is 0. The van der Waals surface area contributed by atoms with Gasteiger partial charge in [0.05, 0.1) is 22.3 Å².